The molecule has 0 spiro atoms. The lowest BCUT2D eigenvalue weighted by Gasteiger charge is -2.30. The molecule has 1 atom stereocenters. The van der Waals surface area contributed by atoms with Gasteiger partial charge in [-0.3, -0.25) is 4.90 Å². The fraction of sp³-hybridized carbons (Fsp3) is 0.714. The molecule has 1 heteroatoms. The highest BCUT2D eigenvalue weighted by Gasteiger charge is 2.15. The third-order valence-electron chi connectivity index (χ3n) is 5.43. The summed E-state index contributed by atoms with van der Waals surface area (Å²) < 4.78 is 0. The van der Waals surface area contributed by atoms with E-state index >= 15 is 0 Å². The summed E-state index contributed by atoms with van der Waals surface area (Å²) in [4.78, 5) is 2.75. The van der Waals surface area contributed by atoms with E-state index < -0.39 is 0 Å². The molecule has 0 radical (unpaired) electrons. The number of rotatable bonds is 16. The summed E-state index contributed by atoms with van der Waals surface area (Å²) in [6, 6.07) is 0.540. The van der Waals surface area contributed by atoms with Crippen LogP contribution in [0.1, 0.15) is 113 Å². The summed E-state index contributed by atoms with van der Waals surface area (Å²) in [5, 5.41) is 0. The molecule has 0 aromatic heterocycles. The van der Waals surface area contributed by atoms with Gasteiger partial charge in [0.1, 0.15) is 0 Å². The highest BCUT2D eigenvalue weighted by Crippen LogP contribution is 2.18. The monoisotopic (exact) mass is 401 g/mol. The van der Waals surface area contributed by atoms with Gasteiger partial charge in [0.15, 0.2) is 0 Å². The van der Waals surface area contributed by atoms with E-state index in [1.807, 2.05) is 0 Å². The van der Waals surface area contributed by atoms with Crippen molar-refractivity contribution in [3.8, 4) is 0 Å². The summed E-state index contributed by atoms with van der Waals surface area (Å²) in [6.45, 7) is 20.5. The predicted octanol–water partition coefficient (Wildman–Crippen LogP) is 9.03. The number of nitrogens with zero attached hydrogens (tertiary/aromatic N) is 1. The minimum atomic E-state index is 0.540. The van der Waals surface area contributed by atoms with Gasteiger partial charge in [0.25, 0.3) is 0 Å². The van der Waals surface area contributed by atoms with Gasteiger partial charge in [0, 0.05) is 6.04 Å². The molecule has 0 aromatic carbocycles. The SMILES string of the molecule is CCCCN(CCCC)C(C=C(C)CCC=C(C)C)CC=C(C)CCC=C(C)C. The van der Waals surface area contributed by atoms with Crippen LogP contribution in [0, 0.1) is 0 Å². The second kappa shape index (κ2) is 17.8. The standard InChI is InChI=1S/C28H51N/c1-9-11-21-29(22-12-10-2)28(23-27(8)18-14-16-25(5)6)20-19-26(7)17-13-15-24(3)4/h15-16,19,23,28H,9-14,17-18,20-22H2,1-8H3. The van der Waals surface area contributed by atoms with Crippen LogP contribution in [0.5, 0.6) is 0 Å². The summed E-state index contributed by atoms with van der Waals surface area (Å²) in [5.41, 5.74) is 5.93. The molecule has 0 saturated heterocycles. The summed E-state index contributed by atoms with van der Waals surface area (Å²) in [5.74, 6) is 0. The maximum Gasteiger partial charge on any atom is 0.0315 e. The summed E-state index contributed by atoms with van der Waals surface area (Å²) in [7, 11) is 0. The summed E-state index contributed by atoms with van der Waals surface area (Å²) in [6.07, 6.45) is 20.8. The molecule has 0 aliphatic heterocycles. The molecule has 1 nitrogen and oxygen atoms in total. The van der Waals surface area contributed by atoms with Crippen molar-refractivity contribution in [1.29, 1.82) is 0 Å². The Kier molecular flexibility index (Phi) is 17.1. The van der Waals surface area contributed by atoms with Crippen molar-refractivity contribution in [3.05, 3.63) is 46.6 Å². The number of allylic oxidation sites excluding steroid dienone is 6. The van der Waals surface area contributed by atoms with Crippen molar-refractivity contribution < 1.29 is 0 Å². The van der Waals surface area contributed by atoms with Crippen LogP contribution in [0.25, 0.3) is 0 Å². The van der Waals surface area contributed by atoms with E-state index in [1.54, 1.807) is 5.57 Å². The van der Waals surface area contributed by atoms with Crippen molar-refractivity contribution in [3.63, 3.8) is 0 Å². The lowest BCUT2D eigenvalue weighted by Crippen LogP contribution is -2.35. The Balaban J connectivity index is 5.26. The van der Waals surface area contributed by atoms with E-state index in [2.05, 4.69) is 84.6 Å². The highest BCUT2D eigenvalue weighted by molar-refractivity contribution is 5.11. The topological polar surface area (TPSA) is 3.24 Å². The van der Waals surface area contributed by atoms with Gasteiger partial charge in [-0.05, 0) is 99.6 Å². The van der Waals surface area contributed by atoms with Gasteiger partial charge in [0.05, 0.1) is 0 Å². The first-order valence-corrected chi connectivity index (χ1v) is 12.1. The minimum Gasteiger partial charge on any atom is -0.297 e. The Morgan fingerprint density at radius 1 is 0.690 bits per heavy atom. The zero-order chi connectivity index (χ0) is 22.1. The van der Waals surface area contributed by atoms with Crippen molar-refractivity contribution in [1.82, 2.24) is 4.90 Å². The molecule has 0 aliphatic carbocycles. The van der Waals surface area contributed by atoms with Gasteiger partial charge in [-0.15, -0.1) is 0 Å². The van der Waals surface area contributed by atoms with E-state index in [0.29, 0.717) is 6.04 Å². The molecule has 29 heavy (non-hydrogen) atoms. The van der Waals surface area contributed by atoms with Crippen LogP contribution >= 0.6 is 0 Å². The van der Waals surface area contributed by atoms with Gasteiger partial charge >= 0.3 is 0 Å². The molecular formula is C28H51N. The first kappa shape index (κ1) is 27.9. The van der Waals surface area contributed by atoms with Gasteiger partial charge in [0.2, 0.25) is 0 Å². The average molecular weight is 402 g/mol. The molecule has 1 unspecified atom stereocenters. The fourth-order valence-electron chi connectivity index (χ4n) is 3.50. The Morgan fingerprint density at radius 2 is 1.17 bits per heavy atom. The lowest BCUT2D eigenvalue weighted by molar-refractivity contribution is 0.222. The molecule has 0 aliphatic rings. The molecule has 0 amide bonds. The van der Waals surface area contributed by atoms with Crippen LogP contribution in [0.2, 0.25) is 0 Å². The first-order chi connectivity index (χ1) is 13.8. The molecule has 168 valence electrons. The van der Waals surface area contributed by atoms with Crippen molar-refractivity contribution >= 4 is 0 Å². The van der Waals surface area contributed by atoms with Crippen molar-refractivity contribution in [2.75, 3.05) is 13.1 Å². The summed E-state index contributed by atoms with van der Waals surface area (Å²) >= 11 is 0. The third kappa shape index (κ3) is 16.4. The molecular weight excluding hydrogens is 350 g/mol. The molecule has 0 heterocycles. The Bertz CT molecular complexity index is 517. The number of hydrogen-bond donors (Lipinski definition) is 0. The van der Waals surface area contributed by atoms with Gasteiger partial charge in [-0.25, -0.2) is 0 Å². The molecule has 0 N–H and O–H groups in total. The lowest BCUT2D eigenvalue weighted by atomic mass is 10.0. The zero-order valence-corrected chi connectivity index (χ0v) is 21.1. The van der Waals surface area contributed by atoms with Gasteiger partial charge in [-0.1, -0.05) is 73.3 Å². The predicted molar refractivity (Wildman–Crippen MR) is 135 cm³/mol. The smallest absolute Gasteiger partial charge is 0.0315 e. The van der Waals surface area contributed by atoms with E-state index in [1.165, 1.54) is 81.2 Å². The molecule has 0 fully saturated rings. The van der Waals surface area contributed by atoms with Crippen molar-refractivity contribution in [2.24, 2.45) is 0 Å². The first-order valence-electron chi connectivity index (χ1n) is 12.1. The largest absolute Gasteiger partial charge is 0.297 e. The van der Waals surface area contributed by atoms with Crippen LogP contribution in [0.4, 0.5) is 0 Å². The van der Waals surface area contributed by atoms with E-state index in [0.717, 1.165) is 6.42 Å². The second-order valence-electron chi connectivity index (χ2n) is 9.25. The molecule has 0 aromatic rings. The normalized spacial score (nSPS) is 13.6. The van der Waals surface area contributed by atoms with Gasteiger partial charge < -0.3 is 0 Å². The Labute approximate surface area is 184 Å². The van der Waals surface area contributed by atoms with Crippen LogP contribution in [-0.4, -0.2) is 24.0 Å². The molecule has 0 saturated carbocycles. The van der Waals surface area contributed by atoms with Crippen LogP contribution < -0.4 is 0 Å². The van der Waals surface area contributed by atoms with Gasteiger partial charge in [-0.2, -0.15) is 0 Å². The third-order valence-corrected chi connectivity index (χ3v) is 5.43. The zero-order valence-electron chi connectivity index (χ0n) is 21.1. The van der Waals surface area contributed by atoms with Crippen LogP contribution in [-0.2, 0) is 0 Å². The molecule has 0 bridgehead atoms. The maximum absolute atomic E-state index is 2.75. The van der Waals surface area contributed by atoms with E-state index in [9.17, 15) is 0 Å². The Hall–Kier alpha value is -1.08. The van der Waals surface area contributed by atoms with E-state index in [-0.39, 0.29) is 0 Å². The van der Waals surface area contributed by atoms with Crippen molar-refractivity contribution in [2.45, 2.75) is 119 Å². The van der Waals surface area contributed by atoms with E-state index in [4.69, 9.17) is 0 Å². The average Bonchev–Trinajstić information content (AvgIpc) is 2.65. The fourth-order valence-corrected chi connectivity index (χ4v) is 3.50. The number of hydrogen-bond acceptors (Lipinski definition) is 1. The van der Waals surface area contributed by atoms with Crippen LogP contribution in [0.15, 0.2) is 46.6 Å². The number of unbranched alkanes of at least 4 members (excludes halogenated alkanes) is 2. The quantitative estimate of drug-likeness (QED) is 0.233. The highest BCUT2D eigenvalue weighted by atomic mass is 15.1. The second-order valence-corrected chi connectivity index (χ2v) is 9.25. The minimum absolute atomic E-state index is 0.540. The molecule has 0 rings (SSSR count). The Morgan fingerprint density at radius 3 is 1.62 bits per heavy atom. The maximum atomic E-state index is 2.75. The van der Waals surface area contributed by atoms with Crippen LogP contribution in [0.3, 0.4) is 0 Å².